The van der Waals surface area contributed by atoms with E-state index in [1.165, 1.54) is 28.2 Å². The summed E-state index contributed by atoms with van der Waals surface area (Å²) in [6, 6.07) is -10.9. The summed E-state index contributed by atoms with van der Waals surface area (Å²) < 4.78 is 0.482. The number of carboxylic acids is 1. The largest absolute Gasteiger partial charge is 0.507 e. The molecule has 0 aromatic carbocycles. The number of allylic oxidation sites excluding steroid dienone is 3. The fourth-order valence-electron chi connectivity index (χ4n) is 8.73. The van der Waals surface area contributed by atoms with Crippen molar-refractivity contribution < 1.29 is 63.3 Å². The summed E-state index contributed by atoms with van der Waals surface area (Å²) in [6.45, 7) is 12.2. The fraction of sp³-hybridized carbons (Fsp3) is 0.653. The Morgan fingerprint density at radius 1 is 0.868 bits per heavy atom. The number of aliphatic hydroxyl groups is 2. The predicted molar refractivity (Wildman–Crippen MR) is 291 cm³/mol. The molecule has 0 saturated carbocycles. The molecule has 1 aromatic rings. The smallest absolute Gasteiger partial charge is 0.305 e. The number of hydrogen-bond donors (Lipinski definition) is 12. The van der Waals surface area contributed by atoms with E-state index in [0.29, 0.717) is 15.7 Å². The molecular formula is C49H74IN11O13S2. The van der Waals surface area contributed by atoms with Gasteiger partial charge in [-0.1, -0.05) is 82.6 Å². The first kappa shape index (κ1) is 63.1. The Morgan fingerprint density at radius 3 is 2.12 bits per heavy atom. The molecule has 0 bridgehead atoms. The number of carbonyl (C=O) groups excluding carboxylic acids is 9. The molecule has 0 radical (unpaired) electrons. The lowest BCUT2D eigenvalue weighted by molar-refractivity contribution is -0.142. The average molecular weight is 1220 g/mol. The van der Waals surface area contributed by atoms with Crippen LogP contribution in [0.1, 0.15) is 99.1 Å². The topological polar surface area (TPSA) is 374 Å². The van der Waals surface area contributed by atoms with Gasteiger partial charge in [0.15, 0.2) is 0 Å². The fourth-order valence-corrected chi connectivity index (χ4v) is 12.0. The minimum atomic E-state index is -1.80. The SMILES string of the molecule is CCC(C)[C@H](NC(=O)[C@H](Cc1cnc[nH]1)NC(=O)[C@@H]1CSSC[C@H](C)C(=O)N2CC(O)C[C@H]2C(=O)N[C@@H](CC2C=C(I)C(O)=CC2)C(=O)N[C@@H](CC(=O)O)C(=O)N[C@@H](CC(C)C)C(=O)N1)C(=O)N[C@@H](CC(C)C)C(N)=O. The standard InChI is InChI=1S/C49H74IN11O13S2/c1-8-25(6)40(48(73)54-31(41(51)66)11-23(2)3)60-45(70)34(15-28-18-52-22-53-28)56-46(71)36-21-76-75-20-26(7)49(74)61-19-29(62)16-37(61)47(72)58-33(14-27-9-10-38(63)30(50)13-27)43(68)57-35(17-39(64)65)44(69)55-32(12-24(4)5)42(67)59-36/h10,13,18,22-27,29,31-37,40,62-63H,8-9,11-12,14-17,19-21H2,1-7H3,(H2,51,66)(H,52,53)(H,54,73)(H,55,69)(H,56,71)(H,57,68)(H,58,72)(H,59,67)(H,60,70)(H,64,65)/t25?,26-,27?,29?,31-,32-,33-,34-,35-,36-,37-,40-/m0/s1. The van der Waals surface area contributed by atoms with Gasteiger partial charge < -0.3 is 68.2 Å². The van der Waals surface area contributed by atoms with E-state index in [-0.39, 0.29) is 74.2 Å². The Bertz CT molecular complexity index is 2320. The van der Waals surface area contributed by atoms with Crippen LogP contribution in [-0.2, 0) is 54.4 Å². The normalized spacial score (nSPS) is 26.0. The van der Waals surface area contributed by atoms with E-state index in [1.54, 1.807) is 46.8 Å². The third-order valence-electron chi connectivity index (χ3n) is 13.1. The van der Waals surface area contributed by atoms with Crippen LogP contribution in [0.5, 0.6) is 0 Å². The van der Waals surface area contributed by atoms with Crippen molar-refractivity contribution in [3.8, 4) is 0 Å². The second kappa shape index (κ2) is 29.9. The van der Waals surface area contributed by atoms with Gasteiger partial charge in [0, 0.05) is 48.7 Å². The van der Waals surface area contributed by atoms with Crippen LogP contribution in [0, 0.1) is 29.6 Å². The van der Waals surface area contributed by atoms with Crippen molar-refractivity contribution in [2.45, 2.75) is 154 Å². The second-order valence-electron chi connectivity index (χ2n) is 20.5. The molecule has 3 heterocycles. The lowest BCUT2D eigenvalue weighted by Crippen LogP contribution is -2.61. The molecular weight excluding hydrogens is 1140 g/mol. The molecule has 3 aliphatic rings. The maximum atomic E-state index is 14.6. The van der Waals surface area contributed by atoms with Gasteiger partial charge >= 0.3 is 5.97 Å². The van der Waals surface area contributed by atoms with E-state index in [1.807, 2.05) is 36.4 Å². The Hall–Kier alpha value is -5.42. The van der Waals surface area contributed by atoms with Crippen LogP contribution in [0.25, 0.3) is 0 Å². The van der Waals surface area contributed by atoms with Crippen LogP contribution < -0.4 is 43.0 Å². The highest BCUT2D eigenvalue weighted by molar-refractivity contribution is 14.1. The zero-order valence-corrected chi connectivity index (χ0v) is 47.6. The third-order valence-corrected chi connectivity index (χ3v) is 16.6. The van der Waals surface area contributed by atoms with Gasteiger partial charge in [-0.2, -0.15) is 0 Å². The number of hydrogen-bond acceptors (Lipinski definition) is 15. The number of nitrogens with one attached hydrogen (secondary N) is 8. The number of aromatic nitrogens is 2. The van der Waals surface area contributed by atoms with Crippen molar-refractivity contribution in [3.05, 3.63) is 39.7 Å². The third kappa shape index (κ3) is 19.2. The van der Waals surface area contributed by atoms with Crippen LogP contribution in [-0.4, -0.2) is 162 Å². The number of amides is 9. The van der Waals surface area contributed by atoms with Gasteiger partial charge in [0.1, 0.15) is 54.1 Å². The first-order chi connectivity index (χ1) is 35.8. The van der Waals surface area contributed by atoms with Gasteiger partial charge in [-0.15, -0.1) is 0 Å². The zero-order valence-electron chi connectivity index (χ0n) is 43.8. The molecule has 12 atom stereocenters. The number of nitrogens with zero attached hydrogens (tertiary/aromatic N) is 2. The number of imidazole rings is 1. The summed E-state index contributed by atoms with van der Waals surface area (Å²) in [5.41, 5.74) is 6.03. The number of halogens is 1. The number of primary amides is 1. The molecule has 27 heteroatoms. The highest BCUT2D eigenvalue weighted by Crippen LogP contribution is 2.31. The Morgan fingerprint density at radius 2 is 1.51 bits per heavy atom. The zero-order chi connectivity index (χ0) is 56.6. The van der Waals surface area contributed by atoms with Crippen molar-refractivity contribution in [3.63, 3.8) is 0 Å². The number of rotatable bonds is 19. The van der Waals surface area contributed by atoms with Crippen molar-refractivity contribution in [2.75, 3.05) is 18.1 Å². The van der Waals surface area contributed by atoms with Crippen molar-refractivity contribution in [1.29, 1.82) is 0 Å². The first-order valence-electron chi connectivity index (χ1n) is 25.4. The Labute approximate surface area is 463 Å². The molecule has 3 unspecified atom stereocenters. The van der Waals surface area contributed by atoms with Gasteiger partial charge in [-0.05, 0) is 78.0 Å². The van der Waals surface area contributed by atoms with E-state index in [4.69, 9.17) is 5.73 Å². The highest BCUT2D eigenvalue weighted by Gasteiger charge is 2.43. The molecule has 0 spiro atoms. The lowest BCUT2D eigenvalue weighted by atomic mass is 9.92. The number of fused-ring (bicyclic) bond motifs is 1. The molecule has 422 valence electrons. The van der Waals surface area contributed by atoms with Crippen molar-refractivity contribution in [1.82, 2.24) is 52.1 Å². The maximum absolute atomic E-state index is 14.6. The van der Waals surface area contributed by atoms with E-state index in [2.05, 4.69) is 47.2 Å². The lowest BCUT2D eigenvalue weighted by Gasteiger charge is -2.30. The molecule has 2 aliphatic heterocycles. The number of carbonyl (C=O) groups is 10. The summed E-state index contributed by atoms with van der Waals surface area (Å²) in [4.78, 5) is 147. The quantitative estimate of drug-likeness (QED) is 0.0667. The van der Waals surface area contributed by atoms with Crippen LogP contribution in [0.4, 0.5) is 0 Å². The van der Waals surface area contributed by atoms with Crippen LogP contribution in [0.3, 0.4) is 0 Å². The summed E-state index contributed by atoms with van der Waals surface area (Å²) in [5, 5.41) is 49.5. The van der Waals surface area contributed by atoms with E-state index >= 15 is 0 Å². The molecule has 1 aliphatic carbocycles. The van der Waals surface area contributed by atoms with Gasteiger partial charge in [0.05, 0.1) is 22.4 Å². The molecule has 1 aromatic heterocycles. The van der Waals surface area contributed by atoms with Crippen molar-refractivity contribution in [2.24, 2.45) is 35.3 Å². The minimum Gasteiger partial charge on any atom is -0.507 e. The van der Waals surface area contributed by atoms with Gasteiger partial charge in [-0.3, -0.25) is 47.9 Å². The monoisotopic (exact) mass is 1220 g/mol. The van der Waals surface area contributed by atoms with Crippen LogP contribution >= 0.6 is 44.2 Å². The summed E-state index contributed by atoms with van der Waals surface area (Å²) in [7, 11) is 2.26. The molecule has 13 N–H and O–H groups in total. The summed E-state index contributed by atoms with van der Waals surface area (Å²) >= 11 is 1.91. The molecule has 4 rings (SSSR count). The number of H-pyrrole nitrogens is 1. The summed E-state index contributed by atoms with van der Waals surface area (Å²) in [5.74, 6) is -10.7. The number of aliphatic hydroxyl groups excluding tert-OH is 2. The number of aliphatic carboxylic acids is 1. The molecule has 2 saturated heterocycles. The molecule has 9 amide bonds. The van der Waals surface area contributed by atoms with Gasteiger partial charge in [-0.25, -0.2) is 4.98 Å². The number of nitrogens with two attached hydrogens (primary N) is 1. The number of aromatic amines is 1. The molecule has 76 heavy (non-hydrogen) atoms. The highest BCUT2D eigenvalue weighted by atomic mass is 127. The van der Waals surface area contributed by atoms with Gasteiger partial charge in [0.2, 0.25) is 53.2 Å². The van der Waals surface area contributed by atoms with Crippen LogP contribution in [0.2, 0.25) is 0 Å². The Kier molecular flexibility index (Phi) is 24.8. The molecule has 24 nitrogen and oxygen atoms in total. The summed E-state index contributed by atoms with van der Waals surface area (Å²) in [6.07, 6.45) is 4.46. The predicted octanol–water partition coefficient (Wildman–Crippen LogP) is 0.608. The van der Waals surface area contributed by atoms with E-state index in [0.717, 1.165) is 10.8 Å². The average Bonchev–Trinajstić information content (AvgIpc) is 4.02. The van der Waals surface area contributed by atoms with Crippen LogP contribution in [0.15, 0.2) is 34.0 Å². The van der Waals surface area contributed by atoms with Crippen molar-refractivity contribution >= 4 is 103 Å². The second-order valence-corrected chi connectivity index (χ2v) is 24.2. The number of carboxylic acid groups (broad SMARTS) is 1. The van der Waals surface area contributed by atoms with Gasteiger partial charge in [0.25, 0.3) is 0 Å². The minimum absolute atomic E-state index is 0.0116. The Balaban J connectivity index is 1.72. The first-order valence-corrected chi connectivity index (χ1v) is 28.9. The molecule has 2 fully saturated rings. The maximum Gasteiger partial charge on any atom is 0.305 e. The van der Waals surface area contributed by atoms with E-state index in [9.17, 15) is 63.3 Å². The van der Waals surface area contributed by atoms with E-state index < -0.39 is 138 Å².